The molecule has 2 aromatic heterocycles. The van der Waals surface area contributed by atoms with E-state index in [-0.39, 0.29) is 11.7 Å². The summed E-state index contributed by atoms with van der Waals surface area (Å²) in [4.78, 5) is 12.9. The predicted octanol–water partition coefficient (Wildman–Crippen LogP) is 3.98. The quantitative estimate of drug-likeness (QED) is 0.452. The molecule has 2 aromatic carbocycles. The van der Waals surface area contributed by atoms with Gasteiger partial charge in [-0.3, -0.25) is 9.36 Å². The maximum Gasteiger partial charge on any atom is 0.236 e. The second-order valence-corrected chi connectivity index (χ2v) is 8.16. The second-order valence-electron chi connectivity index (χ2n) is 7.21. The molecule has 0 saturated carbocycles. The lowest BCUT2D eigenvalue weighted by Crippen LogP contribution is -2.18. The number of benzene rings is 2. The largest absolute Gasteiger partial charge is 0.310 e. The van der Waals surface area contributed by atoms with Crippen LogP contribution in [0.15, 0.2) is 59.8 Å². The molecular weight excluding hydrogens is 422 g/mol. The van der Waals surface area contributed by atoms with Gasteiger partial charge in [-0.25, -0.2) is 0 Å². The predicted molar refractivity (Wildman–Crippen MR) is 123 cm³/mol. The minimum Gasteiger partial charge on any atom is -0.310 e. The number of aryl methyl sites for hydroxylation is 1. The van der Waals surface area contributed by atoms with E-state index in [0.717, 1.165) is 28.2 Å². The first-order valence-electron chi connectivity index (χ1n) is 9.95. The van der Waals surface area contributed by atoms with Crippen LogP contribution < -0.4 is 5.32 Å². The molecule has 8 nitrogen and oxygen atoms in total. The molecule has 0 radical (unpaired) electrons. The number of carbonyl (C=O) groups is 1. The molecule has 0 aliphatic heterocycles. The summed E-state index contributed by atoms with van der Waals surface area (Å²) in [5, 5.41) is 25.0. The number of aromatic nitrogens is 5. The molecule has 0 aliphatic rings. The summed E-state index contributed by atoms with van der Waals surface area (Å²) in [5.41, 5.74) is 4.95. The molecule has 2 heterocycles. The molecule has 0 bridgehead atoms. The van der Waals surface area contributed by atoms with Crippen LogP contribution in [0.3, 0.4) is 0 Å². The lowest BCUT2D eigenvalue weighted by atomic mass is 10.2. The molecular formula is C23H21N7OS. The average Bonchev–Trinajstić information content (AvgIpc) is 3.36. The summed E-state index contributed by atoms with van der Waals surface area (Å²) in [5.74, 6) is 0.313. The summed E-state index contributed by atoms with van der Waals surface area (Å²) in [7, 11) is 0. The van der Waals surface area contributed by atoms with Crippen molar-refractivity contribution in [1.29, 1.82) is 5.26 Å². The van der Waals surface area contributed by atoms with Gasteiger partial charge in [-0.2, -0.15) is 9.94 Å². The van der Waals surface area contributed by atoms with Gasteiger partial charge in [0.1, 0.15) is 11.9 Å². The van der Waals surface area contributed by atoms with Gasteiger partial charge in [0.25, 0.3) is 0 Å². The van der Waals surface area contributed by atoms with Gasteiger partial charge in [0, 0.05) is 11.4 Å². The van der Waals surface area contributed by atoms with Crippen LogP contribution in [0.1, 0.15) is 22.4 Å². The molecule has 0 fully saturated rings. The number of carbonyl (C=O) groups excluding carboxylic acids is 1. The first-order chi connectivity index (χ1) is 15.5. The smallest absolute Gasteiger partial charge is 0.236 e. The Labute approximate surface area is 189 Å². The molecule has 0 aliphatic carbocycles. The molecule has 1 amide bonds. The number of anilines is 1. The maximum absolute atomic E-state index is 12.9. The van der Waals surface area contributed by atoms with Crippen LogP contribution in [0.4, 0.5) is 5.82 Å². The van der Waals surface area contributed by atoms with Crippen LogP contribution in [0.25, 0.3) is 11.4 Å². The van der Waals surface area contributed by atoms with Crippen molar-refractivity contribution < 1.29 is 4.79 Å². The number of thioether (sulfide) groups is 1. The van der Waals surface area contributed by atoms with Gasteiger partial charge >= 0.3 is 0 Å². The number of hydrogen-bond acceptors (Lipinski definition) is 6. The Balaban J connectivity index is 1.57. The van der Waals surface area contributed by atoms with E-state index in [1.807, 2.05) is 79.9 Å². The molecule has 4 rings (SSSR count). The first-order valence-corrected chi connectivity index (χ1v) is 10.9. The van der Waals surface area contributed by atoms with Crippen LogP contribution in [-0.4, -0.2) is 36.4 Å². The number of amides is 1. The lowest BCUT2D eigenvalue weighted by molar-refractivity contribution is -0.113. The Morgan fingerprint density at radius 1 is 1.09 bits per heavy atom. The number of tetrazole rings is 1. The second kappa shape index (κ2) is 9.08. The third kappa shape index (κ3) is 4.00. The molecule has 9 heteroatoms. The number of nitriles is 1. The van der Waals surface area contributed by atoms with Crippen LogP contribution >= 0.6 is 11.8 Å². The fraction of sp³-hybridized carbons (Fsp3) is 0.174. The van der Waals surface area contributed by atoms with Crippen molar-refractivity contribution in [3.63, 3.8) is 0 Å². The van der Waals surface area contributed by atoms with Crippen LogP contribution in [0.2, 0.25) is 0 Å². The molecule has 0 spiro atoms. The van der Waals surface area contributed by atoms with Crippen molar-refractivity contribution in [2.45, 2.75) is 25.9 Å². The third-order valence-electron chi connectivity index (χ3n) is 5.21. The highest BCUT2D eigenvalue weighted by atomic mass is 32.2. The highest BCUT2D eigenvalue weighted by Crippen LogP contribution is 2.30. The van der Waals surface area contributed by atoms with Gasteiger partial charge in [0.2, 0.25) is 11.1 Å². The Morgan fingerprint density at radius 2 is 1.81 bits per heavy atom. The van der Waals surface area contributed by atoms with Crippen molar-refractivity contribution in [1.82, 2.24) is 24.8 Å². The van der Waals surface area contributed by atoms with Crippen LogP contribution in [0.5, 0.6) is 0 Å². The van der Waals surface area contributed by atoms with E-state index in [4.69, 9.17) is 0 Å². The van der Waals surface area contributed by atoms with E-state index in [0.29, 0.717) is 16.5 Å². The minimum absolute atomic E-state index is 0.0924. The molecule has 4 aromatic rings. The van der Waals surface area contributed by atoms with Crippen LogP contribution in [-0.2, 0) is 4.79 Å². The van der Waals surface area contributed by atoms with E-state index in [2.05, 4.69) is 26.9 Å². The molecule has 32 heavy (non-hydrogen) atoms. The Hall–Kier alpha value is -3.90. The highest BCUT2D eigenvalue weighted by Gasteiger charge is 2.21. The van der Waals surface area contributed by atoms with E-state index in [1.165, 1.54) is 11.8 Å². The summed E-state index contributed by atoms with van der Waals surface area (Å²) >= 11 is 1.23. The number of rotatable bonds is 6. The SMILES string of the molecule is Cc1ccccc1-n1nnnc1SCC(=O)Nc1c(C#N)c(C)c(C)n1-c1ccccc1. The number of nitrogens with one attached hydrogen (secondary N) is 1. The summed E-state index contributed by atoms with van der Waals surface area (Å²) in [6.45, 7) is 5.79. The minimum atomic E-state index is -0.250. The van der Waals surface area contributed by atoms with Crippen molar-refractivity contribution in [2.24, 2.45) is 0 Å². The zero-order valence-electron chi connectivity index (χ0n) is 17.9. The molecule has 0 unspecified atom stereocenters. The number of nitrogens with zero attached hydrogens (tertiary/aromatic N) is 6. The zero-order valence-corrected chi connectivity index (χ0v) is 18.7. The van der Waals surface area contributed by atoms with Gasteiger partial charge in [0.05, 0.1) is 17.0 Å². The fourth-order valence-corrected chi connectivity index (χ4v) is 4.16. The van der Waals surface area contributed by atoms with Crippen molar-refractivity contribution in [3.8, 4) is 17.4 Å². The van der Waals surface area contributed by atoms with Gasteiger partial charge in [0.15, 0.2) is 0 Å². The number of hydrogen-bond donors (Lipinski definition) is 1. The molecule has 0 saturated heterocycles. The summed E-state index contributed by atoms with van der Waals surface area (Å²) in [6, 6.07) is 19.6. The Morgan fingerprint density at radius 3 is 2.53 bits per heavy atom. The molecule has 1 N–H and O–H groups in total. The monoisotopic (exact) mass is 443 g/mol. The first kappa shape index (κ1) is 21.3. The summed E-state index contributed by atoms with van der Waals surface area (Å²) in [6.07, 6.45) is 0. The third-order valence-corrected chi connectivity index (χ3v) is 6.13. The van der Waals surface area contributed by atoms with Gasteiger partial charge in [-0.15, -0.1) is 5.10 Å². The maximum atomic E-state index is 12.9. The normalized spacial score (nSPS) is 10.7. The van der Waals surface area contributed by atoms with Crippen molar-refractivity contribution in [3.05, 3.63) is 77.0 Å². The summed E-state index contributed by atoms with van der Waals surface area (Å²) < 4.78 is 3.52. The van der Waals surface area contributed by atoms with Crippen molar-refractivity contribution in [2.75, 3.05) is 11.1 Å². The fourth-order valence-electron chi connectivity index (χ4n) is 3.48. The number of para-hydroxylation sites is 2. The van der Waals surface area contributed by atoms with Crippen molar-refractivity contribution >= 4 is 23.5 Å². The Bertz CT molecular complexity index is 1320. The van der Waals surface area contributed by atoms with E-state index in [9.17, 15) is 10.1 Å². The van der Waals surface area contributed by atoms with E-state index < -0.39 is 0 Å². The van der Waals surface area contributed by atoms with Gasteiger partial charge in [-0.1, -0.05) is 48.2 Å². The standard InChI is InChI=1S/C23H21N7OS/c1-15-9-7-8-12-20(15)30-23(26-27-28-30)32-14-21(31)25-22-19(13-24)16(2)17(3)29(22)18-10-5-4-6-11-18/h4-12H,14H2,1-3H3,(H,25,31). The van der Waals surface area contributed by atoms with Gasteiger partial charge in [-0.05, 0) is 60.5 Å². The lowest BCUT2D eigenvalue weighted by Gasteiger charge is -2.13. The zero-order chi connectivity index (χ0) is 22.7. The molecule has 160 valence electrons. The van der Waals surface area contributed by atoms with E-state index in [1.54, 1.807) is 4.68 Å². The molecule has 0 atom stereocenters. The topological polar surface area (TPSA) is 101 Å². The average molecular weight is 444 g/mol. The highest BCUT2D eigenvalue weighted by molar-refractivity contribution is 7.99. The van der Waals surface area contributed by atoms with Crippen LogP contribution in [0, 0.1) is 32.1 Å². The Kier molecular flexibility index (Phi) is 6.05. The van der Waals surface area contributed by atoms with Gasteiger partial charge < -0.3 is 5.32 Å². The van der Waals surface area contributed by atoms with E-state index >= 15 is 0 Å².